The Kier molecular flexibility index (Phi) is 7.52. The van der Waals surface area contributed by atoms with E-state index in [0.29, 0.717) is 0 Å². The van der Waals surface area contributed by atoms with Gasteiger partial charge >= 0.3 is 0 Å². The fourth-order valence-electron chi connectivity index (χ4n) is 8.72. The van der Waals surface area contributed by atoms with E-state index in [0.717, 1.165) is 67.6 Å². The van der Waals surface area contributed by atoms with Crippen molar-refractivity contribution in [2.24, 2.45) is 0 Å². The van der Waals surface area contributed by atoms with Gasteiger partial charge in [-0.05, 0) is 113 Å². The van der Waals surface area contributed by atoms with Crippen LogP contribution in [0.3, 0.4) is 0 Å². The van der Waals surface area contributed by atoms with E-state index in [1.54, 1.807) is 0 Å². The van der Waals surface area contributed by atoms with Crippen molar-refractivity contribution < 1.29 is 0 Å². The first-order chi connectivity index (χ1) is 27.8. The molecular formula is C50H34N6. The average molecular weight is 719 g/mol. The second kappa shape index (κ2) is 13.1. The highest BCUT2D eigenvalue weighted by atomic mass is 15.1. The lowest BCUT2D eigenvalue weighted by Crippen LogP contribution is -2.08. The minimum atomic E-state index is 0.217. The average Bonchev–Trinajstić information content (AvgIpc) is 3.79. The molecule has 56 heavy (non-hydrogen) atoms. The number of nitrogens with zero attached hydrogens (tertiary/aromatic N) is 6. The molecule has 1 aliphatic carbocycles. The van der Waals surface area contributed by atoms with Gasteiger partial charge in [0.15, 0.2) is 0 Å². The highest BCUT2D eigenvalue weighted by molar-refractivity contribution is 6.09. The summed E-state index contributed by atoms with van der Waals surface area (Å²) in [5.74, 6) is 0.217. The molecule has 6 heteroatoms. The summed E-state index contributed by atoms with van der Waals surface area (Å²) < 4.78 is 4.61. The van der Waals surface area contributed by atoms with Crippen molar-refractivity contribution in [3.63, 3.8) is 0 Å². The topological polar surface area (TPSA) is 61.4 Å². The van der Waals surface area contributed by atoms with Crippen molar-refractivity contribution in [2.45, 2.75) is 12.3 Å². The second-order valence-electron chi connectivity index (χ2n) is 14.3. The van der Waals surface area contributed by atoms with Gasteiger partial charge in [-0.2, -0.15) is 0 Å². The summed E-state index contributed by atoms with van der Waals surface area (Å²) in [4.78, 5) is 18.8. The molecule has 0 radical (unpaired) electrons. The third kappa shape index (κ3) is 5.18. The van der Waals surface area contributed by atoms with Crippen molar-refractivity contribution in [1.29, 1.82) is 0 Å². The maximum absolute atomic E-state index is 4.98. The van der Waals surface area contributed by atoms with Crippen LogP contribution in [0.15, 0.2) is 183 Å². The first-order valence-electron chi connectivity index (χ1n) is 19.0. The Morgan fingerprint density at radius 2 is 1.12 bits per heavy atom. The van der Waals surface area contributed by atoms with E-state index in [4.69, 9.17) is 9.97 Å². The summed E-state index contributed by atoms with van der Waals surface area (Å²) in [6, 6.07) is 49.5. The van der Waals surface area contributed by atoms with Gasteiger partial charge in [0.1, 0.15) is 11.3 Å². The van der Waals surface area contributed by atoms with Crippen LogP contribution in [0.25, 0.3) is 83.8 Å². The molecule has 0 N–H and O–H groups in total. The Balaban J connectivity index is 1.03. The smallest absolute Gasteiger partial charge is 0.145 e. The Bertz CT molecular complexity index is 3120. The van der Waals surface area contributed by atoms with Crippen LogP contribution in [-0.2, 0) is 6.42 Å². The fourth-order valence-corrected chi connectivity index (χ4v) is 8.72. The predicted molar refractivity (Wildman–Crippen MR) is 227 cm³/mol. The van der Waals surface area contributed by atoms with E-state index >= 15 is 0 Å². The van der Waals surface area contributed by atoms with E-state index in [2.05, 4.69) is 147 Å². The summed E-state index contributed by atoms with van der Waals surface area (Å²) in [6.45, 7) is 0. The van der Waals surface area contributed by atoms with Crippen molar-refractivity contribution in [3.05, 3.63) is 200 Å². The maximum Gasteiger partial charge on any atom is 0.145 e. The number of aromatic nitrogens is 6. The van der Waals surface area contributed by atoms with Gasteiger partial charge in [-0.25, -0.2) is 9.97 Å². The molecule has 0 bridgehead atoms. The highest BCUT2D eigenvalue weighted by Crippen LogP contribution is 2.42. The van der Waals surface area contributed by atoms with Crippen LogP contribution in [0, 0.1) is 0 Å². The molecule has 0 saturated carbocycles. The zero-order chi connectivity index (χ0) is 37.0. The van der Waals surface area contributed by atoms with E-state index in [-0.39, 0.29) is 5.92 Å². The van der Waals surface area contributed by atoms with Gasteiger partial charge in [-0.3, -0.25) is 19.1 Å². The molecule has 1 unspecified atom stereocenters. The van der Waals surface area contributed by atoms with Gasteiger partial charge in [0.25, 0.3) is 0 Å². The monoisotopic (exact) mass is 718 g/mol. The number of benzene rings is 4. The van der Waals surface area contributed by atoms with Gasteiger partial charge in [0.2, 0.25) is 0 Å². The lowest BCUT2D eigenvalue weighted by atomic mass is 9.83. The van der Waals surface area contributed by atoms with Crippen LogP contribution < -0.4 is 0 Å². The molecule has 10 aromatic rings. The second-order valence-corrected chi connectivity index (χ2v) is 14.3. The number of hydrogen-bond acceptors (Lipinski definition) is 4. The van der Waals surface area contributed by atoms with Gasteiger partial charge in [0.05, 0.1) is 11.2 Å². The minimum absolute atomic E-state index is 0.217. The van der Waals surface area contributed by atoms with Gasteiger partial charge < -0.3 is 0 Å². The zero-order valence-electron chi connectivity index (χ0n) is 30.4. The molecule has 6 nitrogen and oxygen atoms in total. The summed E-state index contributed by atoms with van der Waals surface area (Å²) in [5.41, 5.74) is 15.8. The number of allylic oxidation sites excluding steroid dienone is 1. The van der Waals surface area contributed by atoms with Crippen LogP contribution >= 0.6 is 0 Å². The molecule has 0 fully saturated rings. The van der Waals surface area contributed by atoms with Gasteiger partial charge in [-0.15, -0.1) is 0 Å². The quantitative estimate of drug-likeness (QED) is 0.172. The minimum Gasteiger partial charge on any atom is -0.294 e. The molecule has 0 saturated heterocycles. The Labute approximate surface area is 323 Å². The molecule has 4 aromatic carbocycles. The number of rotatable bonds is 6. The van der Waals surface area contributed by atoms with Crippen molar-refractivity contribution in [1.82, 2.24) is 29.1 Å². The SMILES string of the molecule is C1=CC(c2ccccc2-c2cccnc2)Cc2c1n(-c1cccc(-n3c4ccc(-c5ccccc5-c5cccnc5)cc4c4cccnc43)c1)c1ncccc21. The number of fused-ring (bicyclic) bond motifs is 6. The number of pyridine rings is 4. The summed E-state index contributed by atoms with van der Waals surface area (Å²) in [7, 11) is 0. The van der Waals surface area contributed by atoms with E-state index in [1.807, 2.05) is 61.4 Å². The Morgan fingerprint density at radius 1 is 0.482 bits per heavy atom. The first-order valence-corrected chi connectivity index (χ1v) is 19.0. The van der Waals surface area contributed by atoms with Crippen LogP contribution in [0.1, 0.15) is 22.7 Å². The fraction of sp³-hybridized carbons (Fsp3) is 0.0400. The van der Waals surface area contributed by atoms with Crippen LogP contribution in [0.2, 0.25) is 0 Å². The van der Waals surface area contributed by atoms with Crippen molar-refractivity contribution in [3.8, 4) is 44.8 Å². The molecule has 0 amide bonds. The molecule has 6 aromatic heterocycles. The Morgan fingerprint density at radius 3 is 1.88 bits per heavy atom. The molecule has 1 atom stereocenters. The van der Waals surface area contributed by atoms with E-state index in [1.165, 1.54) is 33.3 Å². The molecule has 1 aliphatic rings. The first kappa shape index (κ1) is 32.0. The third-order valence-corrected chi connectivity index (χ3v) is 11.2. The summed E-state index contributed by atoms with van der Waals surface area (Å²) in [5, 5.41) is 3.45. The lowest BCUT2D eigenvalue weighted by Gasteiger charge is -2.22. The normalized spacial score (nSPS) is 13.8. The summed E-state index contributed by atoms with van der Waals surface area (Å²) >= 11 is 0. The highest BCUT2D eigenvalue weighted by Gasteiger charge is 2.26. The third-order valence-electron chi connectivity index (χ3n) is 11.2. The molecular weight excluding hydrogens is 685 g/mol. The van der Waals surface area contributed by atoms with Crippen LogP contribution in [0.4, 0.5) is 0 Å². The standard InChI is InChI=1S/C50H34N6/c1-3-16-41(35-10-6-24-51-31-35)39(14-1)33-20-22-47-45(28-33)43-18-8-26-53-49(43)55(47)37-12-5-13-38(30-37)56-48-23-21-34(29-46(48)44-19-9-27-54-50(44)56)40-15-2-4-17-42(40)36-11-7-25-52-32-36/h1-28,30-32,34H,29H2. The largest absolute Gasteiger partial charge is 0.294 e. The maximum atomic E-state index is 4.98. The van der Waals surface area contributed by atoms with Crippen LogP contribution in [-0.4, -0.2) is 29.1 Å². The molecule has 0 spiro atoms. The molecule has 11 rings (SSSR count). The van der Waals surface area contributed by atoms with E-state index < -0.39 is 0 Å². The lowest BCUT2D eigenvalue weighted by molar-refractivity contribution is 0.826. The van der Waals surface area contributed by atoms with Gasteiger partial charge in [-0.1, -0.05) is 78.9 Å². The summed E-state index contributed by atoms with van der Waals surface area (Å²) in [6.07, 6.45) is 16.8. The van der Waals surface area contributed by atoms with Crippen molar-refractivity contribution >= 4 is 39.0 Å². The zero-order valence-corrected chi connectivity index (χ0v) is 30.4. The van der Waals surface area contributed by atoms with Crippen LogP contribution in [0.5, 0.6) is 0 Å². The molecule has 264 valence electrons. The predicted octanol–water partition coefficient (Wildman–Crippen LogP) is 11.7. The van der Waals surface area contributed by atoms with Gasteiger partial charge in [0, 0.05) is 81.8 Å². The van der Waals surface area contributed by atoms with E-state index in [9.17, 15) is 0 Å². The molecule has 6 heterocycles. The number of hydrogen-bond donors (Lipinski definition) is 0. The molecule has 0 aliphatic heterocycles. The van der Waals surface area contributed by atoms with Crippen molar-refractivity contribution in [2.75, 3.05) is 0 Å². The Hall–Kier alpha value is -7.44.